The number of nitrogens with zero attached hydrogens (tertiary/aromatic N) is 2. The van der Waals surface area contributed by atoms with Crippen molar-refractivity contribution in [2.75, 3.05) is 6.61 Å². The lowest BCUT2D eigenvalue weighted by Gasteiger charge is -2.02. The van der Waals surface area contributed by atoms with Crippen LogP contribution in [0, 0.1) is 0 Å². The fraction of sp³-hybridized carbons (Fsp3) is 0.357. The van der Waals surface area contributed by atoms with Gasteiger partial charge in [0.05, 0.1) is 5.69 Å². The van der Waals surface area contributed by atoms with Crippen molar-refractivity contribution >= 4 is 0 Å². The van der Waals surface area contributed by atoms with E-state index in [0.29, 0.717) is 6.42 Å². The topological polar surface area (TPSA) is 38.1 Å². The van der Waals surface area contributed by atoms with Crippen LogP contribution in [-0.4, -0.2) is 21.3 Å². The third kappa shape index (κ3) is 2.56. The van der Waals surface area contributed by atoms with Crippen molar-refractivity contribution in [3.05, 3.63) is 41.7 Å². The lowest BCUT2D eigenvalue weighted by Crippen LogP contribution is -1.91. The first-order valence-electron chi connectivity index (χ1n) is 5.97. The number of hydrogen-bond acceptors (Lipinski definition) is 2. The van der Waals surface area contributed by atoms with Crippen LogP contribution >= 0.6 is 0 Å². The molecule has 0 radical (unpaired) electrons. The van der Waals surface area contributed by atoms with E-state index in [1.54, 1.807) is 0 Å². The second kappa shape index (κ2) is 5.15. The SMILES string of the molecule is CCc1ccc(-c2nc(CCO)cn2C)cc1. The maximum atomic E-state index is 8.91. The average Bonchev–Trinajstić information content (AvgIpc) is 2.71. The zero-order valence-electron chi connectivity index (χ0n) is 10.3. The molecule has 1 aromatic heterocycles. The largest absolute Gasteiger partial charge is 0.396 e. The van der Waals surface area contributed by atoms with Crippen molar-refractivity contribution in [3.8, 4) is 11.4 Å². The summed E-state index contributed by atoms with van der Waals surface area (Å²) in [6.07, 6.45) is 3.64. The van der Waals surface area contributed by atoms with Gasteiger partial charge in [-0.2, -0.15) is 0 Å². The Morgan fingerprint density at radius 3 is 2.53 bits per heavy atom. The smallest absolute Gasteiger partial charge is 0.139 e. The highest BCUT2D eigenvalue weighted by atomic mass is 16.3. The third-order valence-corrected chi connectivity index (χ3v) is 2.91. The molecule has 2 aromatic rings. The normalized spacial score (nSPS) is 10.8. The van der Waals surface area contributed by atoms with Crippen LogP contribution in [-0.2, 0) is 19.9 Å². The van der Waals surface area contributed by atoms with Gasteiger partial charge in [0.15, 0.2) is 0 Å². The van der Waals surface area contributed by atoms with Gasteiger partial charge in [-0.15, -0.1) is 0 Å². The van der Waals surface area contributed by atoms with Gasteiger partial charge >= 0.3 is 0 Å². The van der Waals surface area contributed by atoms with E-state index in [4.69, 9.17) is 5.11 Å². The number of imidazole rings is 1. The van der Waals surface area contributed by atoms with Crippen LogP contribution in [0.15, 0.2) is 30.5 Å². The first-order valence-corrected chi connectivity index (χ1v) is 5.97. The van der Waals surface area contributed by atoms with Crippen LogP contribution in [0.5, 0.6) is 0 Å². The van der Waals surface area contributed by atoms with Crippen LogP contribution in [0.25, 0.3) is 11.4 Å². The van der Waals surface area contributed by atoms with Gasteiger partial charge < -0.3 is 9.67 Å². The van der Waals surface area contributed by atoms with Gasteiger partial charge in [0.25, 0.3) is 0 Å². The number of aromatic nitrogens is 2. The van der Waals surface area contributed by atoms with Crippen LogP contribution in [0.1, 0.15) is 18.2 Å². The lowest BCUT2D eigenvalue weighted by molar-refractivity contribution is 0.298. The summed E-state index contributed by atoms with van der Waals surface area (Å²) in [6, 6.07) is 8.47. The molecule has 3 nitrogen and oxygen atoms in total. The van der Waals surface area contributed by atoms with E-state index in [1.807, 2.05) is 17.8 Å². The van der Waals surface area contributed by atoms with Gasteiger partial charge in [0, 0.05) is 31.8 Å². The van der Waals surface area contributed by atoms with Crippen molar-refractivity contribution in [1.82, 2.24) is 9.55 Å². The Morgan fingerprint density at radius 2 is 1.94 bits per heavy atom. The van der Waals surface area contributed by atoms with E-state index in [1.165, 1.54) is 5.56 Å². The summed E-state index contributed by atoms with van der Waals surface area (Å²) in [7, 11) is 1.98. The Labute approximate surface area is 102 Å². The highest BCUT2D eigenvalue weighted by Crippen LogP contribution is 2.19. The Kier molecular flexibility index (Phi) is 3.59. The number of aliphatic hydroxyl groups excluding tert-OH is 1. The second-order valence-corrected chi connectivity index (χ2v) is 4.19. The summed E-state index contributed by atoms with van der Waals surface area (Å²) in [5, 5.41) is 8.91. The molecule has 0 aliphatic carbocycles. The first kappa shape index (κ1) is 11.9. The fourth-order valence-electron chi connectivity index (χ4n) is 1.92. The molecule has 0 atom stereocenters. The number of rotatable bonds is 4. The minimum Gasteiger partial charge on any atom is -0.396 e. The zero-order chi connectivity index (χ0) is 12.3. The Balaban J connectivity index is 2.31. The molecule has 0 amide bonds. The van der Waals surface area contributed by atoms with Gasteiger partial charge in [-0.1, -0.05) is 31.2 Å². The van der Waals surface area contributed by atoms with Crippen LogP contribution in [0.4, 0.5) is 0 Å². The van der Waals surface area contributed by atoms with Crippen molar-refractivity contribution in [2.24, 2.45) is 7.05 Å². The summed E-state index contributed by atoms with van der Waals surface area (Å²) in [6.45, 7) is 2.29. The molecule has 0 unspecified atom stereocenters. The van der Waals surface area contributed by atoms with Crippen molar-refractivity contribution in [3.63, 3.8) is 0 Å². The molecule has 1 heterocycles. The molecule has 1 N–H and O–H groups in total. The van der Waals surface area contributed by atoms with E-state index in [-0.39, 0.29) is 6.61 Å². The van der Waals surface area contributed by atoms with Crippen LogP contribution in [0.2, 0.25) is 0 Å². The van der Waals surface area contributed by atoms with Crippen molar-refractivity contribution in [1.29, 1.82) is 0 Å². The second-order valence-electron chi connectivity index (χ2n) is 4.19. The van der Waals surface area contributed by atoms with Crippen molar-refractivity contribution in [2.45, 2.75) is 19.8 Å². The Hall–Kier alpha value is -1.61. The molecule has 0 bridgehead atoms. The Morgan fingerprint density at radius 1 is 1.24 bits per heavy atom. The number of aliphatic hydroxyl groups is 1. The predicted molar refractivity (Wildman–Crippen MR) is 68.8 cm³/mol. The molecule has 0 saturated carbocycles. The van der Waals surface area contributed by atoms with E-state index in [0.717, 1.165) is 23.5 Å². The van der Waals surface area contributed by atoms with E-state index in [9.17, 15) is 0 Å². The van der Waals surface area contributed by atoms with Crippen LogP contribution in [0.3, 0.4) is 0 Å². The molecule has 0 spiro atoms. The summed E-state index contributed by atoms with van der Waals surface area (Å²) in [5.41, 5.74) is 3.39. The van der Waals surface area contributed by atoms with Gasteiger partial charge in [0.2, 0.25) is 0 Å². The molecule has 0 fully saturated rings. The summed E-state index contributed by atoms with van der Waals surface area (Å²) in [4.78, 5) is 4.53. The maximum absolute atomic E-state index is 8.91. The lowest BCUT2D eigenvalue weighted by atomic mass is 10.1. The number of aryl methyl sites for hydroxylation is 2. The van der Waals surface area contributed by atoms with Gasteiger partial charge in [-0.3, -0.25) is 0 Å². The molecule has 1 aromatic carbocycles. The Bertz CT molecular complexity index is 485. The molecule has 0 saturated heterocycles. The maximum Gasteiger partial charge on any atom is 0.139 e. The number of hydrogen-bond donors (Lipinski definition) is 1. The minimum absolute atomic E-state index is 0.144. The molecule has 2 rings (SSSR count). The summed E-state index contributed by atoms with van der Waals surface area (Å²) >= 11 is 0. The van der Waals surface area contributed by atoms with Gasteiger partial charge in [-0.25, -0.2) is 4.98 Å². The molecular formula is C14H18N2O. The monoisotopic (exact) mass is 230 g/mol. The highest BCUT2D eigenvalue weighted by molar-refractivity contribution is 5.56. The van der Waals surface area contributed by atoms with Gasteiger partial charge in [-0.05, 0) is 12.0 Å². The average molecular weight is 230 g/mol. The van der Waals surface area contributed by atoms with E-state index in [2.05, 4.69) is 36.2 Å². The summed E-state index contributed by atoms with van der Waals surface area (Å²) in [5.74, 6) is 0.955. The fourth-order valence-corrected chi connectivity index (χ4v) is 1.92. The predicted octanol–water partition coefficient (Wildman–Crippen LogP) is 2.18. The van der Waals surface area contributed by atoms with Crippen molar-refractivity contribution < 1.29 is 5.11 Å². The van der Waals surface area contributed by atoms with Crippen LogP contribution < -0.4 is 0 Å². The summed E-state index contributed by atoms with van der Waals surface area (Å²) < 4.78 is 2.01. The standard InChI is InChI=1S/C14H18N2O/c1-3-11-4-6-12(7-5-11)14-15-13(8-9-17)10-16(14)2/h4-7,10,17H,3,8-9H2,1-2H3. The third-order valence-electron chi connectivity index (χ3n) is 2.91. The number of benzene rings is 1. The molecule has 0 aliphatic rings. The molecule has 3 heteroatoms. The van der Waals surface area contributed by atoms with E-state index < -0.39 is 0 Å². The molecule has 17 heavy (non-hydrogen) atoms. The first-order chi connectivity index (χ1) is 8.24. The molecule has 0 aliphatic heterocycles. The van der Waals surface area contributed by atoms with Gasteiger partial charge in [0.1, 0.15) is 5.82 Å². The molecule has 90 valence electrons. The minimum atomic E-state index is 0.144. The van der Waals surface area contributed by atoms with E-state index >= 15 is 0 Å². The quantitative estimate of drug-likeness (QED) is 0.874. The molecular weight excluding hydrogens is 212 g/mol. The highest BCUT2D eigenvalue weighted by Gasteiger charge is 2.07. The zero-order valence-corrected chi connectivity index (χ0v) is 10.3.